The fraction of sp³-hybridized carbons (Fsp3) is 0.700. The first-order chi connectivity index (χ1) is 10.1. The maximum Gasteiger partial charge on any atom is 0.119 e. The van der Waals surface area contributed by atoms with E-state index in [1.807, 2.05) is 0 Å². The molecule has 1 nitrogen and oxygen atoms in total. The Labute approximate surface area is 129 Å². The summed E-state index contributed by atoms with van der Waals surface area (Å²) in [5.74, 6) is 4.66. The molecule has 3 aliphatic rings. The lowest BCUT2D eigenvalue weighted by Crippen LogP contribution is -2.41. The number of rotatable bonds is 1. The average Bonchev–Trinajstić information content (AvgIpc) is 2.82. The molecule has 1 aromatic rings. The molecular formula is C20H28O. The van der Waals surface area contributed by atoms with Crippen molar-refractivity contribution >= 4 is 0 Å². The monoisotopic (exact) mass is 284 g/mol. The van der Waals surface area contributed by atoms with E-state index in [9.17, 15) is 0 Å². The highest BCUT2D eigenvalue weighted by molar-refractivity contribution is 5.40. The van der Waals surface area contributed by atoms with Gasteiger partial charge in [0.1, 0.15) is 5.75 Å². The molecule has 21 heavy (non-hydrogen) atoms. The van der Waals surface area contributed by atoms with Crippen LogP contribution in [-0.2, 0) is 6.42 Å². The molecule has 3 aliphatic carbocycles. The molecule has 5 atom stereocenters. The summed E-state index contributed by atoms with van der Waals surface area (Å²) in [7, 11) is 1.79. The summed E-state index contributed by atoms with van der Waals surface area (Å²) in [5.41, 5.74) is 3.83. The van der Waals surface area contributed by atoms with Crippen molar-refractivity contribution in [1.29, 1.82) is 0 Å². The molecule has 0 radical (unpaired) electrons. The van der Waals surface area contributed by atoms with Gasteiger partial charge in [-0.1, -0.05) is 19.9 Å². The van der Waals surface area contributed by atoms with Crippen LogP contribution in [0, 0.1) is 23.2 Å². The predicted molar refractivity (Wildman–Crippen MR) is 86.8 cm³/mol. The van der Waals surface area contributed by atoms with Gasteiger partial charge in [-0.05, 0) is 90.9 Å². The molecule has 0 heterocycles. The van der Waals surface area contributed by atoms with Crippen LogP contribution in [0.15, 0.2) is 18.2 Å². The first kappa shape index (κ1) is 13.7. The molecule has 1 aromatic carbocycles. The Bertz CT molecular complexity index is 549. The van der Waals surface area contributed by atoms with Crippen LogP contribution < -0.4 is 4.74 Å². The minimum atomic E-state index is 0.623. The molecule has 0 spiro atoms. The predicted octanol–water partition coefficient (Wildman–Crippen LogP) is 5.19. The Hall–Kier alpha value is -0.980. The van der Waals surface area contributed by atoms with Crippen LogP contribution in [0.3, 0.4) is 0 Å². The second-order valence-electron chi connectivity index (χ2n) is 8.00. The lowest BCUT2D eigenvalue weighted by atomic mass is 9.54. The highest BCUT2D eigenvalue weighted by Gasteiger charge is 2.53. The fourth-order valence-electron chi connectivity index (χ4n) is 5.93. The van der Waals surface area contributed by atoms with E-state index < -0.39 is 0 Å². The van der Waals surface area contributed by atoms with Gasteiger partial charge in [0.15, 0.2) is 0 Å². The van der Waals surface area contributed by atoms with Gasteiger partial charge in [0, 0.05) is 0 Å². The van der Waals surface area contributed by atoms with Crippen molar-refractivity contribution in [3.63, 3.8) is 0 Å². The molecule has 4 rings (SSSR count). The molecule has 0 bridgehead atoms. The Kier molecular flexibility index (Phi) is 3.10. The third kappa shape index (κ3) is 1.89. The number of hydrogen-bond acceptors (Lipinski definition) is 1. The number of hydrogen-bond donors (Lipinski definition) is 0. The smallest absolute Gasteiger partial charge is 0.119 e. The van der Waals surface area contributed by atoms with Crippen molar-refractivity contribution in [1.82, 2.24) is 0 Å². The maximum absolute atomic E-state index is 5.48. The molecule has 1 heteroatoms. The van der Waals surface area contributed by atoms with Crippen LogP contribution in [-0.4, -0.2) is 7.11 Å². The van der Waals surface area contributed by atoms with Gasteiger partial charge in [-0.2, -0.15) is 0 Å². The van der Waals surface area contributed by atoms with Crippen molar-refractivity contribution in [2.75, 3.05) is 7.11 Å². The van der Waals surface area contributed by atoms with Gasteiger partial charge in [-0.3, -0.25) is 0 Å². The maximum atomic E-state index is 5.48. The summed E-state index contributed by atoms with van der Waals surface area (Å²) in [5, 5.41) is 0. The fourth-order valence-corrected chi connectivity index (χ4v) is 5.93. The van der Waals surface area contributed by atoms with E-state index in [1.165, 1.54) is 38.5 Å². The number of benzene rings is 1. The number of ether oxygens (including phenoxy) is 1. The normalized spacial score (nSPS) is 41.1. The Morgan fingerprint density at radius 3 is 2.81 bits per heavy atom. The molecule has 0 amide bonds. The van der Waals surface area contributed by atoms with Crippen LogP contribution in [0.1, 0.15) is 63.0 Å². The van der Waals surface area contributed by atoms with Gasteiger partial charge >= 0.3 is 0 Å². The van der Waals surface area contributed by atoms with Crippen LogP contribution in [0.2, 0.25) is 0 Å². The van der Waals surface area contributed by atoms with Crippen molar-refractivity contribution in [3.05, 3.63) is 29.3 Å². The standard InChI is InChI=1S/C20H28O/c1-13-4-9-19-17-8-6-14-5-7-15(21-3)12-18(14)16(17)10-11-20(13,19)2/h5,7,12-13,16-17,19H,4,6,8-11H2,1-3H3/t13-,16-,17+,19-,20+/m0/s1. The summed E-state index contributed by atoms with van der Waals surface area (Å²) in [6.07, 6.45) is 8.44. The van der Waals surface area contributed by atoms with Gasteiger partial charge < -0.3 is 4.74 Å². The molecule has 0 saturated heterocycles. The Morgan fingerprint density at radius 2 is 2.00 bits per heavy atom. The molecule has 114 valence electrons. The Morgan fingerprint density at radius 1 is 1.14 bits per heavy atom. The van der Waals surface area contributed by atoms with Crippen molar-refractivity contribution < 1.29 is 4.74 Å². The number of fused-ring (bicyclic) bond motifs is 5. The van der Waals surface area contributed by atoms with E-state index in [4.69, 9.17) is 4.74 Å². The summed E-state index contributed by atoms with van der Waals surface area (Å²) in [4.78, 5) is 0. The summed E-state index contributed by atoms with van der Waals surface area (Å²) in [6, 6.07) is 6.80. The van der Waals surface area contributed by atoms with Crippen molar-refractivity contribution in [2.24, 2.45) is 23.2 Å². The van der Waals surface area contributed by atoms with Gasteiger partial charge in [0.2, 0.25) is 0 Å². The van der Waals surface area contributed by atoms with Gasteiger partial charge in [-0.25, -0.2) is 0 Å². The SMILES string of the molecule is COc1ccc2c(c1)[C@H]1CC[C@]3(C)[C@@H](C)CC[C@H]3[C@@H]1CC2. The first-order valence-electron chi connectivity index (χ1n) is 8.80. The highest BCUT2D eigenvalue weighted by atomic mass is 16.5. The highest BCUT2D eigenvalue weighted by Crippen LogP contribution is 2.62. The number of aryl methyl sites for hydroxylation is 1. The lowest BCUT2D eigenvalue weighted by molar-refractivity contribution is 0.0336. The molecule has 0 aromatic heterocycles. The van der Waals surface area contributed by atoms with Gasteiger partial charge in [-0.15, -0.1) is 0 Å². The van der Waals surface area contributed by atoms with E-state index in [1.54, 1.807) is 18.2 Å². The van der Waals surface area contributed by atoms with E-state index in [2.05, 4.69) is 32.0 Å². The van der Waals surface area contributed by atoms with Gasteiger partial charge in [0.25, 0.3) is 0 Å². The van der Waals surface area contributed by atoms with E-state index in [0.717, 1.165) is 29.4 Å². The summed E-state index contributed by atoms with van der Waals surface area (Å²) >= 11 is 0. The first-order valence-corrected chi connectivity index (χ1v) is 8.80. The zero-order valence-electron chi connectivity index (χ0n) is 13.7. The lowest BCUT2D eigenvalue weighted by Gasteiger charge is -2.50. The third-order valence-electron chi connectivity index (χ3n) is 7.41. The summed E-state index contributed by atoms with van der Waals surface area (Å²) < 4.78 is 5.48. The number of methoxy groups -OCH3 is 1. The quantitative estimate of drug-likeness (QED) is 0.690. The third-order valence-corrected chi connectivity index (χ3v) is 7.41. The molecule has 2 saturated carbocycles. The zero-order valence-corrected chi connectivity index (χ0v) is 13.7. The average molecular weight is 284 g/mol. The van der Waals surface area contributed by atoms with Crippen LogP contribution in [0.4, 0.5) is 0 Å². The largest absolute Gasteiger partial charge is 0.497 e. The molecule has 0 N–H and O–H groups in total. The minimum absolute atomic E-state index is 0.623. The van der Waals surface area contributed by atoms with Crippen LogP contribution >= 0.6 is 0 Å². The molecule has 0 unspecified atom stereocenters. The second-order valence-corrected chi connectivity index (χ2v) is 8.00. The molecule has 2 fully saturated rings. The van der Waals surface area contributed by atoms with Crippen LogP contribution in [0.25, 0.3) is 0 Å². The van der Waals surface area contributed by atoms with E-state index in [0.29, 0.717) is 5.41 Å². The van der Waals surface area contributed by atoms with E-state index >= 15 is 0 Å². The summed E-state index contributed by atoms with van der Waals surface area (Å²) in [6.45, 7) is 5.09. The van der Waals surface area contributed by atoms with Gasteiger partial charge in [0.05, 0.1) is 7.11 Å². The molecular weight excluding hydrogens is 256 g/mol. The zero-order chi connectivity index (χ0) is 14.6. The van der Waals surface area contributed by atoms with Crippen molar-refractivity contribution in [3.8, 4) is 5.75 Å². The second kappa shape index (κ2) is 4.76. The molecule has 0 aliphatic heterocycles. The van der Waals surface area contributed by atoms with Crippen molar-refractivity contribution in [2.45, 2.75) is 58.3 Å². The van der Waals surface area contributed by atoms with E-state index in [-0.39, 0.29) is 0 Å². The minimum Gasteiger partial charge on any atom is -0.497 e. The topological polar surface area (TPSA) is 9.23 Å². The van der Waals surface area contributed by atoms with Crippen LogP contribution in [0.5, 0.6) is 5.75 Å². The Balaban J connectivity index is 1.71.